The number of ether oxygens (including phenoxy) is 2. The Morgan fingerprint density at radius 3 is 2.81 bits per heavy atom. The first kappa shape index (κ1) is 13.7. The van der Waals surface area contributed by atoms with Crippen LogP contribution in [0.1, 0.15) is 6.42 Å². The second-order valence-electron chi connectivity index (χ2n) is 4.37. The monoisotopic (exact) mass is 307 g/mol. The number of rotatable bonds is 3. The number of hydrazine groups is 1. The Hall–Kier alpha value is -2.25. The lowest BCUT2D eigenvalue weighted by molar-refractivity contribution is 0.297. The summed E-state index contributed by atoms with van der Waals surface area (Å²) in [6.45, 7) is 1.29. The maximum absolute atomic E-state index is 6.06. The van der Waals surface area contributed by atoms with Crippen molar-refractivity contribution >= 4 is 29.1 Å². The number of halogens is 1. The summed E-state index contributed by atoms with van der Waals surface area (Å²) in [5.41, 5.74) is 3.15. The predicted octanol–water partition coefficient (Wildman–Crippen LogP) is 2.32. The van der Waals surface area contributed by atoms with Gasteiger partial charge in [0.25, 0.3) is 0 Å². The Labute approximate surface area is 126 Å². The third kappa shape index (κ3) is 3.09. The Morgan fingerprint density at radius 1 is 1.19 bits per heavy atom. The highest BCUT2D eigenvalue weighted by molar-refractivity contribution is 6.32. The minimum absolute atomic E-state index is 0.274. The van der Waals surface area contributed by atoms with Crippen molar-refractivity contribution in [2.75, 3.05) is 24.0 Å². The fourth-order valence-electron chi connectivity index (χ4n) is 1.90. The van der Waals surface area contributed by atoms with E-state index in [0.717, 1.165) is 17.9 Å². The van der Waals surface area contributed by atoms with Crippen molar-refractivity contribution in [3.63, 3.8) is 0 Å². The van der Waals surface area contributed by atoms with E-state index in [4.69, 9.17) is 26.9 Å². The zero-order valence-corrected chi connectivity index (χ0v) is 11.9. The fraction of sp³-hybridized carbons (Fsp3) is 0.231. The van der Waals surface area contributed by atoms with Crippen molar-refractivity contribution in [3.05, 3.63) is 29.4 Å². The maximum Gasteiger partial charge on any atom is 0.239 e. The second kappa shape index (κ2) is 6.02. The van der Waals surface area contributed by atoms with Gasteiger partial charge in [-0.2, -0.15) is 4.98 Å². The molecule has 0 spiro atoms. The molecule has 0 fully saturated rings. The molecule has 0 saturated carbocycles. The Bertz CT molecular complexity index is 652. The fourth-order valence-corrected chi connectivity index (χ4v) is 2.04. The van der Waals surface area contributed by atoms with E-state index in [1.807, 2.05) is 18.2 Å². The van der Waals surface area contributed by atoms with Crippen molar-refractivity contribution in [2.45, 2.75) is 6.42 Å². The van der Waals surface area contributed by atoms with Gasteiger partial charge in [-0.05, 0) is 12.1 Å². The summed E-state index contributed by atoms with van der Waals surface area (Å²) in [6.07, 6.45) is 2.33. The molecule has 0 bridgehead atoms. The molecule has 7 nitrogen and oxygen atoms in total. The second-order valence-corrected chi connectivity index (χ2v) is 4.78. The molecule has 4 N–H and O–H groups in total. The molecule has 2 aromatic rings. The maximum atomic E-state index is 6.06. The highest BCUT2D eigenvalue weighted by atomic mass is 35.5. The number of nitrogen functional groups attached to an aromatic ring is 1. The molecule has 8 heteroatoms. The molecule has 21 heavy (non-hydrogen) atoms. The van der Waals surface area contributed by atoms with Gasteiger partial charge in [-0.25, -0.2) is 10.8 Å². The third-order valence-electron chi connectivity index (χ3n) is 2.88. The van der Waals surface area contributed by atoms with Gasteiger partial charge in [-0.1, -0.05) is 11.6 Å². The van der Waals surface area contributed by atoms with E-state index in [0.29, 0.717) is 29.8 Å². The molecule has 1 aliphatic heterocycles. The molecule has 0 radical (unpaired) electrons. The molecular formula is C13H14ClN5O2. The van der Waals surface area contributed by atoms with Gasteiger partial charge in [-0.3, -0.25) is 5.43 Å². The molecule has 0 saturated heterocycles. The predicted molar refractivity (Wildman–Crippen MR) is 80.2 cm³/mol. The summed E-state index contributed by atoms with van der Waals surface area (Å²) in [7, 11) is 0. The molecule has 110 valence electrons. The van der Waals surface area contributed by atoms with Gasteiger partial charge >= 0.3 is 0 Å². The number of nitrogens with two attached hydrogens (primary N) is 1. The third-order valence-corrected chi connectivity index (χ3v) is 3.16. The first-order chi connectivity index (χ1) is 10.3. The van der Waals surface area contributed by atoms with Gasteiger partial charge in [0.1, 0.15) is 5.02 Å². The number of hydrogen-bond acceptors (Lipinski definition) is 7. The summed E-state index contributed by atoms with van der Waals surface area (Å²) in [5.74, 6) is 7.44. The van der Waals surface area contributed by atoms with Crippen LogP contribution in [0.5, 0.6) is 11.5 Å². The van der Waals surface area contributed by atoms with Crippen LogP contribution < -0.4 is 26.1 Å². The van der Waals surface area contributed by atoms with Gasteiger partial charge in [0.05, 0.1) is 19.4 Å². The van der Waals surface area contributed by atoms with E-state index in [9.17, 15) is 0 Å². The normalized spacial score (nSPS) is 13.4. The zero-order chi connectivity index (χ0) is 14.7. The number of benzene rings is 1. The van der Waals surface area contributed by atoms with Crippen LogP contribution in [0.3, 0.4) is 0 Å². The van der Waals surface area contributed by atoms with Crippen LogP contribution in [0.4, 0.5) is 17.5 Å². The molecule has 0 atom stereocenters. The highest BCUT2D eigenvalue weighted by Gasteiger charge is 2.12. The van der Waals surface area contributed by atoms with Crippen molar-refractivity contribution in [1.29, 1.82) is 0 Å². The number of anilines is 3. The van der Waals surface area contributed by atoms with E-state index in [2.05, 4.69) is 20.7 Å². The molecule has 2 heterocycles. The number of nitrogens with one attached hydrogen (secondary N) is 2. The Balaban J connectivity index is 1.86. The topological polar surface area (TPSA) is 94.3 Å². The first-order valence-corrected chi connectivity index (χ1v) is 6.80. The van der Waals surface area contributed by atoms with Gasteiger partial charge in [0, 0.05) is 18.2 Å². The van der Waals surface area contributed by atoms with Crippen LogP contribution in [-0.2, 0) is 0 Å². The van der Waals surface area contributed by atoms with Gasteiger partial charge in [0.2, 0.25) is 5.95 Å². The smallest absolute Gasteiger partial charge is 0.239 e. The van der Waals surface area contributed by atoms with Crippen LogP contribution in [0.2, 0.25) is 5.02 Å². The van der Waals surface area contributed by atoms with Crippen molar-refractivity contribution in [1.82, 2.24) is 9.97 Å². The molecule has 0 amide bonds. The van der Waals surface area contributed by atoms with E-state index >= 15 is 0 Å². The average molecular weight is 308 g/mol. The summed E-state index contributed by atoms with van der Waals surface area (Å²) in [4.78, 5) is 8.07. The van der Waals surface area contributed by atoms with Crippen molar-refractivity contribution in [3.8, 4) is 11.5 Å². The quantitative estimate of drug-likeness (QED) is 0.591. The molecule has 0 aliphatic carbocycles. The molecule has 3 rings (SSSR count). The summed E-state index contributed by atoms with van der Waals surface area (Å²) >= 11 is 6.06. The lowest BCUT2D eigenvalue weighted by Crippen LogP contribution is -2.11. The van der Waals surface area contributed by atoms with Crippen molar-refractivity contribution in [2.24, 2.45) is 5.84 Å². The van der Waals surface area contributed by atoms with Crippen LogP contribution in [-0.4, -0.2) is 23.2 Å². The molecular weight excluding hydrogens is 294 g/mol. The van der Waals surface area contributed by atoms with Gasteiger partial charge in [-0.15, -0.1) is 0 Å². The van der Waals surface area contributed by atoms with E-state index in [1.54, 1.807) is 0 Å². The SMILES string of the molecule is NNc1ncc(Cl)c(Nc2ccc3c(c2)OCCCO3)n1. The molecule has 1 aromatic heterocycles. The number of nitrogens with zero attached hydrogens (tertiary/aromatic N) is 2. The van der Waals surface area contributed by atoms with Crippen molar-refractivity contribution < 1.29 is 9.47 Å². The van der Waals surface area contributed by atoms with E-state index < -0.39 is 0 Å². The average Bonchev–Trinajstić information content (AvgIpc) is 2.74. The highest BCUT2D eigenvalue weighted by Crippen LogP contribution is 2.34. The Kier molecular flexibility index (Phi) is 3.94. The number of hydrogen-bond donors (Lipinski definition) is 3. The lowest BCUT2D eigenvalue weighted by atomic mass is 10.2. The van der Waals surface area contributed by atoms with Crippen LogP contribution in [0.25, 0.3) is 0 Å². The number of aromatic nitrogens is 2. The van der Waals surface area contributed by atoms with Crippen LogP contribution in [0.15, 0.2) is 24.4 Å². The largest absolute Gasteiger partial charge is 0.490 e. The lowest BCUT2D eigenvalue weighted by Gasteiger charge is -2.12. The van der Waals surface area contributed by atoms with Crippen LogP contribution in [0, 0.1) is 0 Å². The summed E-state index contributed by atoms with van der Waals surface area (Å²) in [6, 6.07) is 5.55. The standard InChI is InChI=1S/C13H14ClN5O2/c14-9-7-16-13(19-15)18-12(9)17-8-2-3-10-11(6-8)21-5-1-4-20-10/h2-3,6-7H,1,4-5,15H2,(H2,16,17,18,19). The zero-order valence-electron chi connectivity index (χ0n) is 11.1. The van der Waals surface area contributed by atoms with E-state index in [-0.39, 0.29) is 5.95 Å². The number of fused-ring (bicyclic) bond motifs is 1. The molecule has 1 aromatic carbocycles. The summed E-state index contributed by atoms with van der Waals surface area (Å²) in [5, 5.41) is 3.49. The van der Waals surface area contributed by atoms with E-state index in [1.165, 1.54) is 6.20 Å². The first-order valence-electron chi connectivity index (χ1n) is 6.42. The Morgan fingerprint density at radius 2 is 2.00 bits per heavy atom. The minimum atomic E-state index is 0.274. The summed E-state index contributed by atoms with van der Waals surface area (Å²) < 4.78 is 11.2. The molecule has 0 unspecified atom stereocenters. The minimum Gasteiger partial charge on any atom is -0.490 e. The molecule has 1 aliphatic rings. The van der Waals surface area contributed by atoms with Crippen LogP contribution >= 0.6 is 11.6 Å². The van der Waals surface area contributed by atoms with Gasteiger partial charge in [0.15, 0.2) is 17.3 Å². The van der Waals surface area contributed by atoms with Gasteiger partial charge < -0.3 is 14.8 Å².